The summed E-state index contributed by atoms with van der Waals surface area (Å²) in [5.41, 5.74) is 2.54. The molecule has 0 bridgehead atoms. The zero-order valence-electron chi connectivity index (χ0n) is 12.1. The summed E-state index contributed by atoms with van der Waals surface area (Å²) in [4.78, 5) is 0. The molecule has 1 aromatic rings. The molecule has 102 valence electrons. The second-order valence-corrected chi connectivity index (χ2v) is 5.89. The second-order valence-electron chi connectivity index (χ2n) is 5.49. The minimum absolute atomic E-state index is 0.461. The molecule has 1 aromatic carbocycles. The van der Waals surface area contributed by atoms with Crippen molar-refractivity contribution in [3.8, 4) is 0 Å². The Labute approximate surface area is 117 Å². The van der Waals surface area contributed by atoms with Crippen molar-refractivity contribution in [3.63, 3.8) is 0 Å². The Balaban J connectivity index is 2.76. The lowest BCUT2D eigenvalue weighted by atomic mass is 9.96. The van der Waals surface area contributed by atoms with E-state index in [4.69, 9.17) is 11.6 Å². The molecule has 0 fully saturated rings. The van der Waals surface area contributed by atoms with Gasteiger partial charge in [-0.2, -0.15) is 0 Å². The molecule has 0 heterocycles. The molecular formula is C16H26ClN. The fourth-order valence-electron chi connectivity index (χ4n) is 2.09. The van der Waals surface area contributed by atoms with Crippen molar-refractivity contribution in [2.24, 2.45) is 5.92 Å². The highest BCUT2D eigenvalue weighted by atomic mass is 35.5. The molecule has 0 aliphatic heterocycles. The monoisotopic (exact) mass is 267 g/mol. The van der Waals surface area contributed by atoms with Crippen molar-refractivity contribution in [1.29, 1.82) is 0 Å². The quantitative estimate of drug-likeness (QED) is 0.723. The largest absolute Gasteiger partial charge is 0.310 e. The molecule has 1 nitrogen and oxygen atoms in total. The predicted molar refractivity (Wildman–Crippen MR) is 81.3 cm³/mol. The van der Waals surface area contributed by atoms with Crippen LogP contribution in [0.3, 0.4) is 0 Å². The van der Waals surface area contributed by atoms with Crippen LogP contribution in [0.1, 0.15) is 57.2 Å². The maximum Gasteiger partial charge on any atom is 0.0435 e. The molecule has 1 N–H and O–H groups in total. The zero-order chi connectivity index (χ0) is 13.5. The number of benzene rings is 1. The first-order chi connectivity index (χ1) is 8.54. The van der Waals surface area contributed by atoms with E-state index in [1.807, 2.05) is 6.07 Å². The van der Waals surface area contributed by atoms with E-state index in [9.17, 15) is 0 Å². The van der Waals surface area contributed by atoms with Crippen molar-refractivity contribution in [2.75, 3.05) is 6.54 Å². The number of aryl methyl sites for hydroxylation is 1. The lowest BCUT2D eigenvalue weighted by molar-refractivity contribution is 0.440. The third-order valence-corrected chi connectivity index (χ3v) is 3.68. The van der Waals surface area contributed by atoms with E-state index in [-0.39, 0.29) is 0 Å². The second kappa shape index (κ2) is 7.81. The van der Waals surface area contributed by atoms with E-state index >= 15 is 0 Å². The van der Waals surface area contributed by atoms with Gasteiger partial charge in [0.2, 0.25) is 0 Å². The van der Waals surface area contributed by atoms with Crippen LogP contribution in [0.15, 0.2) is 18.2 Å². The van der Waals surface area contributed by atoms with Crippen molar-refractivity contribution in [1.82, 2.24) is 5.32 Å². The summed E-state index contributed by atoms with van der Waals surface area (Å²) in [5.74, 6) is 0.754. The number of hydrogen-bond donors (Lipinski definition) is 1. The molecule has 0 aliphatic carbocycles. The Morgan fingerprint density at radius 2 is 1.94 bits per heavy atom. The molecular weight excluding hydrogens is 242 g/mol. The minimum atomic E-state index is 0.461. The molecule has 0 aliphatic rings. The zero-order valence-corrected chi connectivity index (χ0v) is 12.8. The Kier molecular flexibility index (Phi) is 6.73. The highest BCUT2D eigenvalue weighted by molar-refractivity contribution is 6.31. The first-order valence-corrected chi connectivity index (χ1v) is 7.41. The van der Waals surface area contributed by atoms with E-state index < -0.39 is 0 Å². The Bertz CT molecular complexity index is 360. The van der Waals surface area contributed by atoms with Crippen LogP contribution in [-0.2, 0) is 0 Å². The van der Waals surface area contributed by atoms with Gasteiger partial charge in [0.15, 0.2) is 0 Å². The molecule has 0 saturated heterocycles. The van der Waals surface area contributed by atoms with E-state index in [0.29, 0.717) is 6.04 Å². The lowest BCUT2D eigenvalue weighted by Crippen LogP contribution is -2.22. The standard InChI is InChI=1S/C16H26ClN/c1-5-10-18-16(9-6-12(2)3)14-7-8-15(17)13(4)11-14/h7-8,11-12,16,18H,5-6,9-10H2,1-4H3. The Morgan fingerprint density at radius 3 is 2.50 bits per heavy atom. The SMILES string of the molecule is CCCNC(CCC(C)C)c1ccc(Cl)c(C)c1. The highest BCUT2D eigenvalue weighted by Gasteiger charge is 2.12. The van der Waals surface area contributed by atoms with Gasteiger partial charge in [-0.25, -0.2) is 0 Å². The van der Waals surface area contributed by atoms with Gasteiger partial charge < -0.3 is 5.32 Å². The summed E-state index contributed by atoms with van der Waals surface area (Å²) in [6.07, 6.45) is 3.62. The number of nitrogens with one attached hydrogen (secondary N) is 1. The van der Waals surface area contributed by atoms with Gasteiger partial charge in [0.25, 0.3) is 0 Å². The predicted octanol–water partition coefficient (Wildman–Crippen LogP) is 5.13. The average Bonchev–Trinajstić information content (AvgIpc) is 2.33. The summed E-state index contributed by atoms with van der Waals surface area (Å²) < 4.78 is 0. The topological polar surface area (TPSA) is 12.0 Å². The van der Waals surface area contributed by atoms with Crippen molar-refractivity contribution in [3.05, 3.63) is 34.3 Å². The first-order valence-electron chi connectivity index (χ1n) is 7.04. The van der Waals surface area contributed by atoms with E-state index in [2.05, 4.69) is 45.1 Å². The summed E-state index contributed by atoms with van der Waals surface area (Å²) in [5, 5.41) is 4.50. The normalized spacial score (nSPS) is 13.0. The van der Waals surface area contributed by atoms with Crippen LogP contribution in [0.25, 0.3) is 0 Å². The summed E-state index contributed by atoms with van der Waals surface area (Å²) in [6.45, 7) is 9.92. The molecule has 18 heavy (non-hydrogen) atoms. The summed E-state index contributed by atoms with van der Waals surface area (Å²) in [6, 6.07) is 6.85. The van der Waals surface area contributed by atoms with Gasteiger partial charge >= 0.3 is 0 Å². The smallest absolute Gasteiger partial charge is 0.0435 e. The third kappa shape index (κ3) is 4.99. The summed E-state index contributed by atoms with van der Waals surface area (Å²) >= 11 is 6.10. The molecule has 2 heteroatoms. The van der Waals surface area contributed by atoms with Crippen LogP contribution in [0.2, 0.25) is 5.02 Å². The number of halogens is 1. The van der Waals surface area contributed by atoms with Crippen molar-refractivity contribution < 1.29 is 0 Å². The van der Waals surface area contributed by atoms with Gasteiger partial charge in [-0.05, 0) is 55.8 Å². The van der Waals surface area contributed by atoms with E-state index in [0.717, 1.165) is 17.5 Å². The van der Waals surface area contributed by atoms with Crippen LogP contribution >= 0.6 is 11.6 Å². The minimum Gasteiger partial charge on any atom is -0.310 e. The van der Waals surface area contributed by atoms with Gasteiger partial charge in [-0.1, -0.05) is 44.5 Å². The van der Waals surface area contributed by atoms with E-state index in [1.54, 1.807) is 0 Å². The maximum atomic E-state index is 6.10. The van der Waals surface area contributed by atoms with Gasteiger partial charge in [-0.3, -0.25) is 0 Å². The maximum absolute atomic E-state index is 6.10. The molecule has 1 rings (SSSR count). The summed E-state index contributed by atoms with van der Waals surface area (Å²) in [7, 11) is 0. The van der Waals surface area contributed by atoms with Gasteiger partial charge in [0.1, 0.15) is 0 Å². The molecule has 1 atom stereocenters. The Hall–Kier alpha value is -0.530. The highest BCUT2D eigenvalue weighted by Crippen LogP contribution is 2.25. The van der Waals surface area contributed by atoms with Gasteiger partial charge in [0.05, 0.1) is 0 Å². The van der Waals surface area contributed by atoms with E-state index in [1.165, 1.54) is 30.4 Å². The van der Waals surface area contributed by atoms with Crippen LogP contribution in [0, 0.1) is 12.8 Å². The number of hydrogen-bond acceptors (Lipinski definition) is 1. The fraction of sp³-hybridized carbons (Fsp3) is 0.625. The molecule has 0 spiro atoms. The number of rotatable bonds is 7. The van der Waals surface area contributed by atoms with Crippen molar-refractivity contribution in [2.45, 2.75) is 53.0 Å². The average molecular weight is 268 g/mol. The molecule has 0 radical (unpaired) electrons. The Morgan fingerprint density at radius 1 is 1.22 bits per heavy atom. The van der Waals surface area contributed by atoms with Crippen LogP contribution < -0.4 is 5.32 Å². The lowest BCUT2D eigenvalue weighted by Gasteiger charge is -2.20. The third-order valence-electron chi connectivity index (χ3n) is 3.26. The molecule has 1 unspecified atom stereocenters. The van der Waals surface area contributed by atoms with Crippen molar-refractivity contribution >= 4 is 11.6 Å². The van der Waals surface area contributed by atoms with Crippen LogP contribution in [0.5, 0.6) is 0 Å². The fourth-order valence-corrected chi connectivity index (χ4v) is 2.21. The molecule has 0 aromatic heterocycles. The van der Waals surface area contributed by atoms with Gasteiger partial charge in [0, 0.05) is 11.1 Å². The molecule has 0 saturated carbocycles. The molecule has 0 amide bonds. The van der Waals surface area contributed by atoms with Gasteiger partial charge in [-0.15, -0.1) is 0 Å². The van der Waals surface area contributed by atoms with Crippen LogP contribution in [-0.4, -0.2) is 6.54 Å². The first kappa shape index (κ1) is 15.5. The van der Waals surface area contributed by atoms with Crippen LogP contribution in [0.4, 0.5) is 0 Å².